The molecular formula is C19H20N2O4. The fraction of sp³-hybridized carbons (Fsp3) is 0.263. The van der Waals surface area contributed by atoms with E-state index in [0.717, 1.165) is 22.3 Å². The van der Waals surface area contributed by atoms with Crippen LogP contribution in [0.25, 0.3) is 11.1 Å². The molecular weight excluding hydrogens is 320 g/mol. The molecule has 130 valence electrons. The monoisotopic (exact) mass is 340 g/mol. The number of amides is 1. The van der Waals surface area contributed by atoms with Gasteiger partial charge in [0, 0.05) is 12.5 Å². The summed E-state index contributed by atoms with van der Waals surface area (Å²) in [5, 5.41) is 11.3. The summed E-state index contributed by atoms with van der Waals surface area (Å²) in [6, 6.07) is 15.5. The van der Waals surface area contributed by atoms with Gasteiger partial charge in [-0.2, -0.15) is 0 Å². The van der Waals surface area contributed by atoms with Crippen molar-refractivity contribution in [3.63, 3.8) is 0 Å². The van der Waals surface area contributed by atoms with E-state index in [1.807, 2.05) is 36.4 Å². The van der Waals surface area contributed by atoms with Crippen molar-refractivity contribution < 1.29 is 19.4 Å². The van der Waals surface area contributed by atoms with Gasteiger partial charge in [-0.3, -0.25) is 4.79 Å². The van der Waals surface area contributed by atoms with Gasteiger partial charge in [0.15, 0.2) is 0 Å². The lowest BCUT2D eigenvalue weighted by molar-refractivity contribution is -0.137. The van der Waals surface area contributed by atoms with Crippen LogP contribution in [0.15, 0.2) is 48.5 Å². The van der Waals surface area contributed by atoms with Gasteiger partial charge in [0.05, 0.1) is 12.5 Å². The molecule has 1 aliphatic rings. The third-order valence-corrected chi connectivity index (χ3v) is 4.37. The number of hydrogen-bond donors (Lipinski definition) is 3. The first kappa shape index (κ1) is 17.0. The minimum atomic E-state index is -1.02. The molecule has 6 nitrogen and oxygen atoms in total. The highest BCUT2D eigenvalue weighted by Gasteiger charge is 2.29. The van der Waals surface area contributed by atoms with E-state index in [4.69, 9.17) is 15.6 Å². The molecule has 2 aromatic rings. The molecule has 0 bridgehead atoms. The van der Waals surface area contributed by atoms with Gasteiger partial charge in [0.1, 0.15) is 6.61 Å². The van der Waals surface area contributed by atoms with Gasteiger partial charge in [0.2, 0.25) is 0 Å². The van der Waals surface area contributed by atoms with E-state index >= 15 is 0 Å². The summed E-state index contributed by atoms with van der Waals surface area (Å²) in [4.78, 5) is 22.7. The van der Waals surface area contributed by atoms with Crippen LogP contribution < -0.4 is 11.1 Å². The largest absolute Gasteiger partial charge is 0.481 e. The summed E-state index contributed by atoms with van der Waals surface area (Å²) >= 11 is 0. The number of carboxylic acids is 1. The van der Waals surface area contributed by atoms with E-state index in [1.54, 1.807) is 0 Å². The Kier molecular flexibility index (Phi) is 5.00. The topological polar surface area (TPSA) is 102 Å². The van der Waals surface area contributed by atoms with E-state index in [0.29, 0.717) is 0 Å². The zero-order chi connectivity index (χ0) is 17.8. The van der Waals surface area contributed by atoms with Crippen molar-refractivity contribution >= 4 is 12.1 Å². The highest BCUT2D eigenvalue weighted by Crippen LogP contribution is 2.44. The molecule has 6 heteroatoms. The molecule has 0 spiro atoms. The van der Waals surface area contributed by atoms with Gasteiger partial charge < -0.3 is 20.9 Å². The summed E-state index contributed by atoms with van der Waals surface area (Å²) in [5.41, 5.74) is 10.0. The zero-order valence-corrected chi connectivity index (χ0v) is 13.6. The predicted molar refractivity (Wildman–Crippen MR) is 93.3 cm³/mol. The maximum atomic E-state index is 12.0. The first-order valence-corrected chi connectivity index (χ1v) is 8.13. The smallest absolute Gasteiger partial charge is 0.407 e. The Bertz CT molecular complexity index is 745. The van der Waals surface area contributed by atoms with Gasteiger partial charge in [-0.1, -0.05) is 48.5 Å². The van der Waals surface area contributed by atoms with E-state index in [9.17, 15) is 9.59 Å². The van der Waals surface area contributed by atoms with E-state index in [2.05, 4.69) is 17.4 Å². The molecule has 0 radical (unpaired) electrons. The Morgan fingerprint density at radius 2 is 1.64 bits per heavy atom. The van der Waals surface area contributed by atoms with Crippen LogP contribution in [-0.4, -0.2) is 36.4 Å². The number of alkyl carbamates (subject to hydrolysis) is 1. The molecule has 1 amide bonds. The Morgan fingerprint density at radius 1 is 1.08 bits per heavy atom. The average molecular weight is 340 g/mol. The van der Waals surface area contributed by atoms with Crippen LogP contribution in [0.5, 0.6) is 0 Å². The van der Waals surface area contributed by atoms with Crippen molar-refractivity contribution in [2.45, 2.75) is 18.4 Å². The van der Waals surface area contributed by atoms with E-state index in [-0.39, 0.29) is 25.5 Å². The van der Waals surface area contributed by atoms with Crippen LogP contribution in [0.4, 0.5) is 4.79 Å². The van der Waals surface area contributed by atoms with Gasteiger partial charge in [-0.25, -0.2) is 4.79 Å². The lowest BCUT2D eigenvalue weighted by Gasteiger charge is -2.17. The number of carbonyl (C=O) groups is 2. The van der Waals surface area contributed by atoms with Crippen molar-refractivity contribution in [1.29, 1.82) is 0 Å². The maximum Gasteiger partial charge on any atom is 0.407 e. The van der Waals surface area contributed by atoms with Crippen LogP contribution in [0.3, 0.4) is 0 Å². The molecule has 3 rings (SSSR count). The Balaban J connectivity index is 1.69. The van der Waals surface area contributed by atoms with Gasteiger partial charge in [0.25, 0.3) is 0 Å². The summed E-state index contributed by atoms with van der Waals surface area (Å²) in [6.45, 7) is 0.223. The number of nitrogens with one attached hydrogen (secondary N) is 1. The van der Waals surface area contributed by atoms with Crippen molar-refractivity contribution in [3.8, 4) is 11.1 Å². The molecule has 1 aliphatic carbocycles. The molecule has 0 aliphatic heterocycles. The fourth-order valence-corrected chi connectivity index (χ4v) is 3.21. The molecule has 0 saturated heterocycles. The number of nitrogens with two attached hydrogens (primary N) is 1. The summed E-state index contributed by atoms with van der Waals surface area (Å²) in [7, 11) is 0. The lowest BCUT2D eigenvalue weighted by Crippen LogP contribution is -2.42. The highest BCUT2D eigenvalue weighted by molar-refractivity contribution is 5.79. The van der Waals surface area contributed by atoms with Crippen LogP contribution in [0.2, 0.25) is 0 Å². The Labute approximate surface area is 145 Å². The van der Waals surface area contributed by atoms with Crippen LogP contribution in [0.1, 0.15) is 23.5 Å². The lowest BCUT2D eigenvalue weighted by atomic mass is 9.98. The van der Waals surface area contributed by atoms with Crippen LogP contribution in [-0.2, 0) is 9.53 Å². The number of carbonyl (C=O) groups excluding carboxylic acids is 1. The first-order chi connectivity index (χ1) is 12.1. The highest BCUT2D eigenvalue weighted by atomic mass is 16.5. The second kappa shape index (κ2) is 7.36. The number of rotatable bonds is 6. The SMILES string of the molecule is NCC(CC(=O)O)NC(=O)OCC1c2ccccc2-c2ccccc21. The number of carboxylic acid groups (broad SMARTS) is 1. The molecule has 0 heterocycles. The zero-order valence-electron chi connectivity index (χ0n) is 13.6. The Morgan fingerprint density at radius 3 is 2.16 bits per heavy atom. The van der Waals surface area contributed by atoms with Crippen molar-refractivity contribution in [2.24, 2.45) is 5.73 Å². The number of hydrogen-bond acceptors (Lipinski definition) is 4. The quantitative estimate of drug-likeness (QED) is 0.749. The molecule has 25 heavy (non-hydrogen) atoms. The molecule has 0 aromatic heterocycles. The number of fused-ring (bicyclic) bond motifs is 3. The third kappa shape index (κ3) is 3.64. The maximum absolute atomic E-state index is 12.0. The molecule has 2 aromatic carbocycles. The van der Waals surface area contributed by atoms with Crippen molar-refractivity contribution in [2.75, 3.05) is 13.2 Å². The first-order valence-electron chi connectivity index (χ1n) is 8.13. The van der Waals surface area contributed by atoms with Gasteiger partial charge in [-0.05, 0) is 22.3 Å². The third-order valence-electron chi connectivity index (χ3n) is 4.37. The van der Waals surface area contributed by atoms with Crippen LogP contribution >= 0.6 is 0 Å². The fourth-order valence-electron chi connectivity index (χ4n) is 3.21. The average Bonchev–Trinajstić information content (AvgIpc) is 2.93. The molecule has 0 fully saturated rings. The van der Waals surface area contributed by atoms with Crippen LogP contribution in [0, 0.1) is 0 Å². The summed E-state index contributed by atoms with van der Waals surface area (Å²) in [5.74, 6) is -1.05. The summed E-state index contributed by atoms with van der Waals surface area (Å²) < 4.78 is 5.36. The van der Waals surface area contributed by atoms with Crippen molar-refractivity contribution in [3.05, 3.63) is 59.7 Å². The summed E-state index contributed by atoms with van der Waals surface area (Å²) in [6.07, 6.45) is -0.890. The minimum Gasteiger partial charge on any atom is -0.481 e. The number of benzene rings is 2. The van der Waals surface area contributed by atoms with Gasteiger partial charge >= 0.3 is 12.1 Å². The molecule has 1 atom stereocenters. The molecule has 0 saturated carbocycles. The minimum absolute atomic E-state index is 0.0334. The van der Waals surface area contributed by atoms with E-state index < -0.39 is 18.1 Å². The molecule has 4 N–H and O–H groups in total. The number of aliphatic carboxylic acids is 1. The number of ether oxygens (including phenoxy) is 1. The molecule has 1 unspecified atom stereocenters. The second-order valence-corrected chi connectivity index (χ2v) is 6.00. The van der Waals surface area contributed by atoms with Gasteiger partial charge in [-0.15, -0.1) is 0 Å². The Hall–Kier alpha value is -2.86. The normalized spacial score (nSPS) is 13.6. The second-order valence-electron chi connectivity index (χ2n) is 6.00. The van der Waals surface area contributed by atoms with E-state index in [1.165, 1.54) is 0 Å². The standard InChI is InChI=1S/C19H20N2O4/c20-10-12(9-18(22)23)21-19(24)25-11-17-15-7-3-1-5-13(15)14-6-2-4-8-16(14)17/h1-8,12,17H,9-11,20H2,(H,21,24)(H,22,23). The predicted octanol–water partition coefficient (Wildman–Crippen LogP) is 2.33. The van der Waals surface area contributed by atoms with Crippen molar-refractivity contribution in [1.82, 2.24) is 5.32 Å².